The zero-order valence-electron chi connectivity index (χ0n) is 17.8. The van der Waals surface area contributed by atoms with Crippen molar-refractivity contribution < 1.29 is 9.90 Å². The molecule has 0 unspecified atom stereocenters. The zero-order valence-corrected chi connectivity index (χ0v) is 17.8. The Hall–Kier alpha value is -2.84. The highest BCUT2D eigenvalue weighted by molar-refractivity contribution is 5.81. The minimum atomic E-state index is -0.0255. The Kier molecular flexibility index (Phi) is 5.41. The maximum absolute atomic E-state index is 13.5. The van der Waals surface area contributed by atoms with Crippen molar-refractivity contribution in [1.29, 1.82) is 5.26 Å². The van der Waals surface area contributed by atoms with Crippen LogP contribution in [-0.4, -0.2) is 35.1 Å². The van der Waals surface area contributed by atoms with Crippen LogP contribution < -0.4 is 5.32 Å². The molecule has 1 aliphatic carbocycles. The number of aliphatic hydroxyl groups excluding tert-OH is 1. The standard InChI is InChI=1S/C26H29N3O2/c27-15-17-6-8-18(9-7-17)20-10-11-23-22(14-20)25-21(24(16-30)28-23)12-13-29(25)26(31)19-4-2-1-3-5-19/h6-11,14,19,21,24-25,28,30H,1-5,12-13,16H2/t21-,24+,25-/m1/s1. The molecule has 2 aromatic rings. The molecule has 2 N–H and O–H groups in total. The average molecular weight is 416 g/mol. The minimum absolute atomic E-state index is 0.0150. The van der Waals surface area contributed by atoms with Crippen LogP contribution in [0, 0.1) is 23.2 Å². The van der Waals surface area contributed by atoms with Crippen molar-refractivity contribution in [1.82, 2.24) is 4.90 Å². The van der Waals surface area contributed by atoms with Gasteiger partial charge in [-0.3, -0.25) is 4.79 Å². The number of fused-ring (bicyclic) bond motifs is 3. The van der Waals surface area contributed by atoms with Crippen LogP contribution in [0.2, 0.25) is 0 Å². The van der Waals surface area contributed by atoms with Crippen molar-refractivity contribution in [2.45, 2.75) is 50.6 Å². The second-order valence-corrected chi connectivity index (χ2v) is 9.19. The summed E-state index contributed by atoms with van der Waals surface area (Å²) in [5, 5.41) is 22.6. The molecule has 1 saturated heterocycles. The highest BCUT2D eigenvalue weighted by atomic mass is 16.3. The second-order valence-electron chi connectivity index (χ2n) is 9.19. The first kappa shape index (κ1) is 20.1. The number of nitrogens with zero attached hydrogens (tertiary/aromatic N) is 2. The van der Waals surface area contributed by atoms with Crippen LogP contribution in [0.3, 0.4) is 0 Å². The van der Waals surface area contributed by atoms with Gasteiger partial charge < -0.3 is 15.3 Å². The van der Waals surface area contributed by atoms with Crippen LogP contribution in [0.1, 0.15) is 55.7 Å². The van der Waals surface area contributed by atoms with Crippen LogP contribution in [0.25, 0.3) is 11.1 Å². The number of carbonyl (C=O) groups is 1. The van der Waals surface area contributed by atoms with Crippen LogP contribution >= 0.6 is 0 Å². The monoisotopic (exact) mass is 415 g/mol. The van der Waals surface area contributed by atoms with Crippen molar-refractivity contribution in [3.63, 3.8) is 0 Å². The fraction of sp³-hybridized carbons (Fsp3) is 0.462. The van der Waals surface area contributed by atoms with Crippen molar-refractivity contribution in [3.8, 4) is 17.2 Å². The van der Waals surface area contributed by atoms with Crippen molar-refractivity contribution >= 4 is 11.6 Å². The molecule has 2 fully saturated rings. The van der Waals surface area contributed by atoms with E-state index in [9.17, 15) is 9.90 Å². The van der Waals surface area contributed by atoms with Gasteiger partial charge in [0.2, 0.25) is 5.91 Å². The Morgan fingerprint density at radius 1 is 1.06 bits per heavy atom. The third kappa shape index (κ3) is 3.59. The molecule has 1 amide bonds. The van der Waals surface area contributed by atoms with E-state index in [-0.39, 0.29) is 30.5 Å². The van der Waals surface area contributed by atoms with Gasteiger partial charge in [-0.2, -0.15) is 5.26 Å². The van der Waals surface area contributed by atoms with Gasteiger partial charge in [-0.15, -0.1) is 0 Å². The van der Waals surface area contributed by atoms with Gasteiger partial charge in [0.25, 0.3) is 0 Å². The molecule has 3 atom stereocenters. The topological polar surface area (TPSA) is 76.4 Å². The number of hydrogen-bond donors (Lipinski definition) is 2. The molecule has 5 rings (SSSR count). The Morgan fingerprint density at radius 3 is 2.52 bits per heavy atom. The maximum atomic E-state index is 13.5. The van der Waals surface area contributed by atoms with Gasteiger partial charge in [-0.25, -0.2) is 0 Å². The first-order valence-electron chi connectivity index (χ1n) is 11.5. The van der Waals surface area contributed by atoms with E-state index in [0.29, 0.717) is 11.5 Å². The highest BCUT2D eigenvalue weighted by Gasteiger charge is 2.46. The first-order chi connectivity index (χ1) is 15.2. The van der Waals surface area contributed by atoms with E-state index >= 15 is 0 Å². The highest BCUT2D eigenvalue weighted by Crippen LogP contribution is 2.48. The molecule has 3 aliphatic rings. The first-order valence-corrected chi connectivity index (χ1v) is 11.5. The summed E-state index contributed by atoms with van der Waals surface area (Å²) in [5.41, 5.74) is 4.96. The molecule has 0 aromatic heterocycles. The van der Waals surface area contributed by atoms with E-state index in [1.54, 1.807) is 0 Å². The normalized spacial score (nSPS) is 25.3. The summed E-state index contributed by atoms with van der Waals surface area (Å²) in [7, 11) is 0. The number of rotatable bonds is 3. The van der Waals surface area contributed by atoms with Crippen LogP contribution in [0.4, 0.5) is 5.69 Å². The van der Waals surface area contributed by atoms with Crippen molar-refractivity contribution in [3.05, 3.63) is 53.6 Å². The fourth-order valence-corrected chi connectivity index (χ4v) is 5.81. The van der Waals surface area contributed by atoms with Gasteiger partial charge >= 0.3 is 0 Å². The summed E-state index contributed by atoms with van der Waals surface area (Å²) in [6.45, 7) is 0.840. The second kappa shape index (κ2) is 8.36. The number of benzene rings is 2. The summed E-state index contributed by atoms with van der Waals surface area (Å²) in [4.78, 5) is 15.6. The number of anilines is 1. The zero-order chi connectivity index (χ0) is 21.4. The lowest BCUT2D eigenvalue weighted by Crippen LogP contribution is -2.44. The molecular formula is C26H29N3O2. The van der Waals surface area contributed by atoms with E-state index in [4.69, 9.17) is 5.26 Å². The van der Waals surface area contributed by atoms with Gasteiger partial charge in [0, 0.05) is 24.1 Å². The SMILES string of the molecule is N#Cc1ccc(-c2ccc3c(c2)[C@H]2[C@H](CCN2C(=O)C2CCCCC2)[C@H](CO)N3)cc1. The maximum Gasteiger partial charge on any atom is 0.226 e. The Labute approximate surface area is 183 Å². The predicted molar refractivity (Wildman–Crippen MR) is 120 cm³/mol. The number of nitrogens with one attached hydrogen (secondary N) is 1. The molecule has 0 radical (unpaired) electrons. The number of carbonyl (C=O) groups excluding carboxylic acids is 1. The molecular weight excluding hydrogens is 386 g/mol. The van der Waals surface area contributed by atoms with Gasteiger partial charge in [0.05, 0.1) is 30.3 Å². The Balaban J connectivity index is 1.51. The lowest BCUT2D eigenvalue weighted by molar-refractivity contribution is -0.138. The summed E-state index contributed by atoms with van der Waals surface area (Å²) < 4.78 is 0. The molecule has 2 aromatic carbocycles. The molecule has 2 aliphatic heterocycles. The smallest absolute Gasteiger partial charge is 0.226 e. The van der Waals surface area contributed by atoms with Gasteiger partial charge in [-0.05, 0) is 60.2 Å². The van der Waals surface area contributed by atoms with E-state index in [1.807, 2.05) is 24.3 Å². The predicted octanol–water partition coefficient (Wildman–Crippen LogP) is 4.48. The van der Waals surface area contributed by atoms with E-state index < -0.39 is 0 Å². The van der Waals surface area contributed by atoms with Crippen molar-refractivity contribution in [2.24, 2.45) is 11.8 Å². The largest absolute Gasteiger partial charge is 0.394 e. The third-order valence-corrected chi connectivity index (χ3v) is 7.45. The van der Waals surface area contributed by atoms with Gasteiger partial charge in [-0.1, -0.05) is 37.5 Å². The summed E-state index contributed by atoms with van der Waals surface area (Å²) in [5.74, 6) is 0.682. The molecule has 31 heavy (non-hydrogen) atoms. The number of aliphatic hydroxyl groups is 1. The summed E-state index contributed by atoms with van der Waals surface area (Å²) in [6, 6.07) is 16.1. The lowest BCUT2D eigenvalue weighted by Gasteiger charge is -2.40. The van der Waals surface area contributed by atoms with Crippen LogP contribution in [0.5, 0.6) is 0 Å². The van der Waals surface area contributed by atoms with Crippen LogP contribution in [0.15, 0.2) is 42.5 Å². The van der Waals surface area contributed by atoms with Gasteiger partial charge in [0.15, 0.2) is 0 Å². The number of amides is 1. The molecule has 2 heterocycles. The lowest BCUT2D eigenvalue weighted by atomic mass is 9.81. The number of nitriles is 1. The van der Waals surface area contributed by atoms with Crippen molar-refractivity contribution in [2.75, 3.05) is 18.5 Å². The van der Waals surface area contributed by atoms with E-state index in [2.05, 4.69) is 34.5 Å². The fourth-order valence-electron chi connectivity index (χ4n) is 5.81. The van der Waals surface area contributed by atoms with Crippen LogP contribution in [-0.2, 0) is 4.79 Å². The summed E-state index contributed by atoms with van der Waals surface area (Å²) in [6.07, 6.45) is 6.47. The minimum Gasteiger partial charge on any atom is -0.394 e. The number of hydrogen-bond acceptors (Lipinski definition) is 4. The molecule has 0 bridgehead atoms. The van der Waals surface area contributed by atoms with E-state index in [1.165, 1.54) is 6.42 Å². The molecule has 5 nitrogen and oxygen atoms in total. The van der Waals surface area contributed by atoms with E-state index in [0.717, 1.165) is 61.0 Å². The Morgan fingerprint density at radius 2 is 1.81 bits per heavy atom. The quantitative estimate of drug-likeness (QED) is 0.775. The molecule has 1 saturated carbocycles. The third-order valence-electron chi connectivity index (χ3n) is 7.45. The number of likely N-dealkylation sites (tertiary alicyclic amines) is 1. The molecule has 5 heteroatoms. The summed E-state index contributed by atoms with van der Waals surface area (Å²) >= 11 is 0. The Bertz CT molecular complexity index is 1000. The average Bonchev–Trinajstić information content (AvgIpc) is 3.29. The molecule has 0 spiro atoms. The molecule has 160 valence electrons. The van der Waals surface area contributed by atoms with Gasteiger partial charge in [0.1, 0.15) is 0 Å².